The Balaban J connectivity index is 3.29. The fourth-order valence-corrected chi connectivity index (χ4v) is 2.36. The first-order valence-corrected chi connectivity index (χ1v) is 5.49. The largest absolute Gasteiger partial charge is 0.412 e. The first-order chi connectivity index (χ1) is 7.37. The van der Waals surface area contributed by atoms with Crippen molar-refractivity contribution in [3.8, 4) is 0 Å². The summed E-state index contributed by atoms with van der Waals surface area (Å²) in [6, 6.07) is 0. The molecule has 16 heavy (non-hydrogen) atoms. The summed E-state index contributed by atoms with van der Waals surface area (Å²) in [4.78, 5) is 23.5. The van der Waals surface area contributed by atoms with E-state index in [1.807, 2.05) is 0 Å². The summed E-state index contributed by atoms with van der Waals surface area (Å²) >= 11 is 15.5. The third kappa shape index (κ3) is 1.33. The van der Waals surface area contributed by atoms with E-state index in [1.165, 1.54) is 0 Å². The maximum atomic E-state index is 11.7. The Labute approximate surface area is 110 Å². The van der Waals surface area contributed by atoms with Crippen molar-refractivity contribution in [2.24, 2.45) is 0 Å². The number of aromatic nitrogens is 3. The van der Waals surface area contributed by atoms with Gasteiger partial charge in [-0.2, -0.15) is 4.09 Å². The Morgan fingerprint density at radius 3 is 2.19 bits per heavy atom. The van der Waals surface area contributed by atoms with Crippen molar-refractivity contribution in [1.82, 2.24) is 12.9 Å². The summed E-state index contributed by atoms with van der Waals surface area (Å²) in [5.74, 6) is 0. The van der Waals surface area contributed by atoms with E-state index in [2.05, 4.69) is 50.9 Å². The number of pyridine rings is 1. The van der Waals surface area contributed by atoms with Gasteiger partial charge < -0.3 is 5.21 Å². The molecular weight excluding hydrogens is 290 g/mol. The van der Waals surface area contributed by atoms with Crippen molar-refractivity contribution in [2.75, 3.05) is 0 Å². The highest BCUT2D eigenvalue weighted by atomic mass is 32.1. The molecule has 0 radical (unpaired) electrons. The van der Waals surface area contributed by atoms with E-state index in [0.717, 1.165) is 3.97 Å². The van der Waals surface area contributed by atoms with Gasteiger partial charge in [-0.3, -0.25) is 9.59 Å². The van der Waals surface area contributed by atoms with Gasteiger partial charge in [0.2, 0.25) is 0 Å². The Hall–Kier alpha value is -0.580. The van der Waals surface area contributed by atoms with Crippen LogP contribution in [0.15, 0.2) is 19.5 Å². The summed E-state index contributed by atoms with van der Waals surface area (Å²) in [6.07, 6.45) is 0. The summed E-state index contributed by atoms with van der Waals surface area (Å²) < 4.78 is 1.50. The van der Waals surface area contributed by atoms with Crippen molar-refractivity contribution in [3.63, 3.8) is 0 Å². The maximum Gasteiger partial charge on any atom is 0.290 e. The first-order valence-electron chi connectivity index (χ1n) is 3.80. The molecule has 0 aliphatic heterocycles. The number of hydrogen-bond donors (Lipinski definition) is 5. The monoisotopic (exact) mass is 295 g/mol. The highest BCUT2D eigenvalue weighted by Gasteiger charge is 2.20. The topological polar surface area (TPSA) is 69.2 Å². The van der Waals surface area contributed by atoms with Gasteiger partial charge in [0.15, 0.2) is 0 Å². The molecule has 6 nitrogen and oxygen atoms in total. The predicted molar refractivity (Wildman–Crippen MR) is 70.9 cm³/mol. The van der Waals surface area contributed by atoms with Gasteiger partial charge in [0, 0.05) is 0 Å². The molecule has 1 N–H and O–H groups in total. The third-order valence-corrected chi connectivity index (χ3v) is 3.77. The highest BCUT2D eigenvalue weighted by molar-refractivity contribution is 7.83. The van der Waals surface area contributed by atoms with Crippen LogP contribution in [0.5, 0.6) is 0 Å². The lowest BCUT2D eigenvalue weighted by atomic mass is 10.3. The van der Waals surface area contributed by atoms with Crippen LogP contribution in [0.2, 0.25) is 0 Å². The van der Waals surface area contributed by atoms with Crippen molar-refractivity contribution < 1.29 is 5.21 Å². The summed E-state index contributed by atoms with van der Waals surface area (Å²) in [5, 5.41) is 9.58. The smallest absolute Gasteiger partial charge is 0.290 e. The third-order valence-electron chi connectivity index (χ3n) is 2.06. The molecule has 0 bridgehead atoms. The molecule has 0 fully saturated rings. The van der Waals surface area contributed by atoms with Gasteiger partial charge in [-0.05, 0) is 12.8 Å². The van der Waals surface area contributed by atoms with Gasteiger partial charge in [-0.1, -0.05) is 12.8 Å². The van der Waals surface area contributed by atoms with Crippen LogP contribution < -0.4 is 11.1 Å². The second-order valence-corrected chi connectivity index (χ2v) is 4.55. The molecule has 0 aliphatic carbocycles. The standard InChI is InChI=1S/C6H5N3O3S4/c10-4-1-2(8(12)9(4)16)3(13)5(11)7(15)6(1)14/h12-16H. The van der Waals surface area contributed by atoms with E-state index in [9.17, 15) is 14.8 Å². The molecule has 0 atom stereocenters. The molecule has 10 heteroatoms. The first kappa shape index (κ1) is 11.9. The molecule has 0 saturated carbocycles. The average Bonchev–Trinajstić information content (AvgIpc) is 2.48. The molecule has 2 rings (SSSR count). The molecule has 2 aromatic heterocycles. The van der Waals surface area contributed by atoms with E-state index in [0.29, 0.717) is 8.93 Å². The zero-order valence-corrected chi connectivity index (χ0v) is 11.0. The molecule has 0 saturated heterocycles. The molecule has 0 spiro atoms. The molecule has 2 aromatic rings. The normalized spacial score (nSPS) is 11.2. The SMILES string of the molecule is O=c1c(S)c2c(c(S)n1S)c(=O)n(S)n2O. The maximum absolute atomic E-state index is 11.7. The lowest BCUT2D eigenvalue weighted by Gasteiger charge is -2.04. The van der Waals surface area contributed by atoms with Crippen LogP contribution in [0.25, 0.3) is 10.9 Å². The molecular formula is C6H5N3O3S4. The van der Waals surface area contributed by atoms with E-state index < -0.39 is 11.1 Å². The lowest BCUT2D eigenvalue weighted by Crippen LogP contribution is -2.17. The molecule has 86 valence electrons. The van der Waals surface area contributed by atoms with Gasteiger partial charge in [0.1, 0.15) is 20.8 Å². The fraction of sp³-hybridized carbons (Fsp3) is 0. The second-order valence-electron chi connectivity index (χ2n) is 2.90. The van der Waals surface area contributed by atoms with E-state index in [1.54, 1.807) is 0 Å². The second kappa shape index (κ2) is 3.72. The van der Waals surface area contributed by atoms with Crippen LogP contribution in [-0.2, 0) is 0 Å². The number of nitrogens with zero attached hydrogens (tertiary/aromatic N) is 3. The van der Waals surface area contributed by atoms with Crippen LogP contribution in [0.1, 0.15) is 0 Å². The molecule has 0 aliphatic rings. The minimum atomic E-state index is -0.621. The molecule has 0 unspecified atom stereocenters. The van der Waals surface area contributed by atoms with Crippen molar-refractivity contribution in [3.05, 3.63) is 20.7 Å². The Morgan fingerprint density at radius 1 is 1.06 bits per heavy atom. The van der Waals surface area contributed by atoms with Crippen molar-refractivity contribution in [1.29, 1.82) is 0 Å². The number of hydrogen-bond acceptors (Lipinski definition) is 7. The molecule has 0 aromatic carbocycles. The Kier molecular flexibility index (Phi) is 2.77. The Morgan fingerprint density at radius 2 is 1.62 bits per heavy atom. The van der Waals surface area contributed by atoms with E-state index >= 15 is 0 Å². The zero-order valence-electron chi connectivity index (χ0n) is 7.39. The number of thiol groups is 4. The van der Waals surface area contributed by atoms with Crippen LogP contribution in [0.4, 0.5) is 0 Å². The zero-order chi connectivity index (χ0) is 12.2. The van der Waals surface area contributed by atoms with Crippen LogP contribution >= 0.6 is 50.9 Å². The summed E-state index contributed by atoms with van der Waals surface area (Å²) in [5.41, 5.74) is -1.27. The number of rotatable bonds is 0. The predicted octanol–water partition coefficient (Wildman–Crippen LogP) is 0.165. The van der Waals surface area contributed by atoms with Gasteiger partial charge in [-0.25, -0.2) is 3.97 Å². The molecule has 0 amide bonds. The average molecular weight is 295 g/mol. The Bertz CT molecular complexity index is 713. The highest BCUT2D eigenvalue weighted by Crippen LogP contribution is 2.22. The summed E-state index contributed by atoms with van der Waals surface area (Å²) in [7, 11) is 0. The van der Waals surface area contributed by atoms with Crippen molar-refractivity contribution in [2.45, 2.75) is 9.92 Å². The van der Waals surface area contributed by atoms with Gasteiger partial charge >= 0.3 is 0 Å². The van der Waals surface area contributed by atoms with E-state index in [-0.39, 0.29) is 20.8 Å². The van der Waals surface area contributed by atoms with Gasteiger partial charge in [0.05, 0.1) is 0 Å². The van der Waals surface area contributed by atoms with Crippen molar-refractivity contribution >= 4 is 61.8 Å². The number of fused-ring (bicyclic) bond motifs is 1. The fourth-order valence-electron chi connectivity index (χ4n) is 1.30. The molecule has 2 heterocycles. The van der Waals surface area contributed by atoms with Gasteiger partial charge in [0.25, 0.3) is 11.1 Å². The van der Waals surface area contributed by atoms with Crippen LogP contribution in [-0.4, -0.2) is 18.1 Å². The van der Waals surface area contributed by atoms with Gasteiger partial charge in [-0.15, -0.1) is 30.1 Å². The quantitative estimate of drug-likeness (QED) is 0.355. The minimum Gasteiger partial charge on any atom is -0.412 e. The minimum absolute atomic E-state index is 0.0143. The lowest BCUT2D eigenvalue weighted by molar-refractivity contribution is 0.150. The van der Waals surface area contributed by atoms with Crippen LogP contribution in [0.3, 0.4) is 0 Å². The van der Waals surface area contributed by atoms with E-state index in [4.69, 9.17) is 0 Å². The van der Waals surface area contributed by atoms with Crippen LogP contribution in [0, 0.1) is 0 Å². The summed E-state index contributed by atoms with van der Waals surface area (Å²) in [6.45, 7) is 0.